The van der Waals surface area contributed by atoms with Gasteiger partial charge in [-0.2, -0.15) is 0 Å². The van der Waals surface area contributed by atoms with E-state index in [1.54, 1.807) is 0 Å². The molecule has 1 unspecified atom stereocenters. The molecule has 0 aliphatic heterocycles. The normalized spacial score (nSPS) is 12.1. The number of halogens is 1. The Morgan fingerprint density at radius 1 is 1.16 bits per heavy atom. The van der Waals surface area contributed by atoms with Crippen molar-refractivity contribution < 1.29 is 4.79 Å². The summed E-state index contributed by atoms with van der Waals surface area (Å²) < 4.78 is 0. The highest BCUT2D eigenvalue weighted by atomic mass is 79.9. The van der Waals surface area contributed by atoms with Crippen LogP contribution in [0.5, 0.6) is 0 Å². The molecule has 1 amide bonds. The van der Waals surface area contributed by atoms with Crippen molar-refractivity contribution in [2.24, 2.45) is 0 Å². The van der Waals surface area contributed by atoms with E-state index >= 15 is 0 Å². The predicted octanol–water partition coefficient (Wildman–Crippen LogP) is 4.60. The highest BCUT2D eigenvalue weighted by Gasteiger charge is 2.08. The van der Waals surface area contributed by atoms with E-state index in [4.69, 9.17) is 0 Å². The molecule has 106 valence electrons. The van der Waals surface area contributed by atoms with Gasteiger partial charge in [-0.05, 0) is 12.0 Å². The summed E-state index contributed by atoms with van der Waals surface area (Å²) >= 11 is 3.60. The number of carbonyl (C=O) groups excluding carboxylic acids is 1. The largest absolute Gasteiger partial charge is 0.355 e. The lowest BCUT2D eigenvalue weighted by atomic mass is 10.1. The van der Waals surface area contributed by atoms with Gasteiger partial charge >= 0.3 is 0 Å². The topological polar surface area (TPSA) is 29.1 Å². The summed E-state index contributed by atoms with van der Waals surface area (Å²) in [6.07, 6.45) is 6.59. The quantitative estimate of drug-likeness (QED) is 0.521. The van der Waals surface area contributed by atoms with Crippen molar-refractivity contribution in [3.8, 4) is 0 Å². The van der Waals surface area contributed by atoms with Crippen LogP contribution in [-0.2, 0) is 4.79 Å². The molecule has 19 heavy (non-hydrogen) atoms. The molecule has 0 saturated carbocycles. The van der Waals surface area contributed by atoms with Crippen molar-refractivity contribution in [3.05, 3.63) is 35.9 Å². The Labute approximate surface area is 125 Å². The fraction of sp³-hybridized carbons (Fsp3) is 0.562. The van der Waals surface area contributed by atoms with Crippen molar-refractivity contribution in [2.75, 3.05) is 6.54 Å². The number of carbonyl (C=O) groups is 1. The molecule has 0 bridgehead atoms. The molecule has 0 fully saturated rings. The lowest BCUT2D eigenvalue weighted by Gasteiger charge is -2.11. The second-order valence-electron chi connectivity index (χ2n) is 4.85. The average molecular weight is 326 g/mol. The lowest BCUT2D eigenvalue weighted by Crippen LogP contribution is -2.26. The van der Waals surface area contributed by atoms with Gasteiger partial charge in [-0.15, -0.1) is 0 Å². The standard InChI is InChI=1S/C16H24BrNO/c1-2-3-4-5-9-12-16(19)18-13-15(17)14-10-7-6-8-11-14/h6-8,10-11,15H,2-5,9,12-13H2,1H3,(H,18,19). The monoisotopic (exact) mass is 325 g/mol. The number of alkyl halides is 1. The van der Waals surface area contributed by atoms with Crippen LogP contribution in [0, 0.1) is 0 Å². The zero-order valence-electron chi connectivity index (χ0n) is 11.7. The summed E-state index contributed by atoms with van der Waals surface area (Å²) in [4.78, 5) is 11.9. The molecule has 0 heterocycles. The van der Waals surface area contributed by atoms with E-state index < -0.39 is 0 Å². The number of amides is 1. The smallest absolute Gasteiger partial charge is 0.220 e. The van der Waals surface area contributed by atoms with Crippen LogP contribution in [0.2, 0.25) is 0 Å². The highest BCUT2D eigenvalue weighted by molar-refractivity contribution is 9.09. The molecule has 0 radical (unpaired) electrons. The first-order chi connectivity index (χ1) is 9.24. The van der Waals surface area contributed by atoms with Gasteiger partial charge < -0.3 is 5.32 Å². The molecule has 0 aromatic heterocycles. The van der Waals surface area contributed by atoms with Gasteiger partial charge in [0.1, 0.15) is 0 Å². The Morgan fingerprint density at radius 2 is 1.84 bits per heavy atom. The fourth-order valence-electron chi connectivity index (χ4n) is 1.96. The number of rotatable bonds is 9. The molecule has 0 aliphatic carbocycles. The van der Waals surface area contributed by atoms with Crippen LogP contribution >= 0.6 is 15.9 Å². The first-order valence-electron chi connectivity index (χ1n) is 7.19. The van der Waals surface area contributed by atoms with Crippen molar-refractivity contribution >= 4 is 21.8 Å². The van der Waals surface area contributed by atoms with Gasteiger partial charge in [0.15, 0.2) is 0 Å². The van der Waals surface area contributed by atoms with Gasteiger partial charge in [0.25, 0.3) is 0 Å². The third kappa shape index (κ3) is 7.36. The molecule has 2 nitrogen and oxygen atoms in total. The van der Waals surface area contributed by atoms with E-state index in [1.807, 2.05) is 18.2 Å². The zero-order chi connectivity index (χ0) is 13.9. The maximum Gasteiger partial charge on any atom is 0.220 e. The van der Waals surface area contributed by atoms with Gasteiger partial charge in [0, 0.05) is 13.0 Å². The average Bonchev–Trinajstić information content (AvgIpc) is 2.45. The van der Waals surface area contributed by atoms with Crippen molar-refractivity contribution in [1.29, 1.82) is 0 Å². The lowest BCUT2D eigenvalue weighted by molar-refractivity contribution is -0.121. The summed E-state index contributed by atoms with van der Waals surface area (Å²) in [5, 5.41) is 2.99. The summed E-state index contributed by atoms with van der Waals surface area (Å²) in [7, 11) is 0. The van der Waals surface area contributed by atoms with Crippen LogP contribution in [0.1, 0.15) is 55.8 Å². The van der Waals surface area contributed by atoms with Crippen LogP contribution in [0.3, 0.4) is 0 Å². The van der Waals surface area contributed by atoms with Crippen LogP contribution in [0.4, 0.5) is 0 Å². The van der Waals surface area contributed by atoms with E-state index in [2.05, 4.69) is 40.3 Å². The first-order valence-corrected chi connectivity index (χ1v) is 8.11. The summed E-state index contributed by atoms with van der Waals surface area (Å²) in [6.45, 7) is 2.85. The van der Waals surface area contributed by atoms with Crippen LogP contribution in [0.25, 0.3) is 0 Å². The molecular weight excluding hydrogens is 302 g/mol. The van der Waals surface area contributed by atoms with Crippen molar-refractivity contribution in [1.82, 2.24) is 5.32 Å². The third-order valence-electron chi connectivity index (χ3n) is 3.15. The molecule has 0 saturated heterocycles. The first kappa shape index (κ1) is 16.2. The Kier molecular flexibility index (Phi) is 8.55. The fourth-order valence-corrected chi connectivity index (χ4v) is 2.43. The van der Waals surface area contributed by atoms with Gasteiger partial charge in [0.05, 0.1) is 4.83 Å². The maximum atomic E-state index is 11.7. The number of nitrogens with one attached hydrogen (secondary N) is 1. The summed E-state index contributed by atoms with van der Waals surface area (Å²) in [5.41, 5.74) is 1.20. The van der Waals surface area contributed by atoms with Crippen LogP contribution < -0.4 is 5.32 Å². The van der Waals surface area contributed by atoms with Crippen molar-refractivity contribution in [2.45, 2.75) is 50.3 Å². The molecule has 1 N–H and O–H groups in total. The number of unbranched alkanes of at least 4 members (excludes halogenated alkanes) is 4. The van der Waals surface area contributed by atoms with Gasteiger partial charge in [0.2, 0.25) is 5.91 Å². The van der Waals surface area contributed by atoms with E-state index in [-0.39, 0.29) is 10.7 Å². The van der Waals surface area contributed by atoms with Gasteiger partial charge in [-0.3, -0.25) is 4.79 Å². The Bertz CT molecular complexity index is 353. The second kappa shape index (κ2) is 10.0. The molecule has 1 aromatic rings. The highest BCUT2D eigenvalue weighted by Crippen LogP contribution is 2.21. The Morgan fingerprint density at radius 3 is 2.53 bits per heavy atom. The minimum atomic E-state index is 0.164. The zero-order valence-corrected chi connectivity index (χ0v) is 13.3. The molecular formula is C16H24BrNO. The minimum absolute atomic E-state index is 0.164. The van der Waals surface area contributed by atoms with E-state index in [9.17, 15) is 4.79 Å². The van der Waals surface area contributed by atoms with E-state index in [1.165, 1.54) is 24.8 Å². The van der Waals surface area contributed by atoms with Crippen molar-refractivity contribution in [3.63, 3.8) is 0 Å². The predicted molar refractivity (Wildman–Crippen MR) is 84.5 cm³/mol. The molecule has 1 aromatic carbocycles. The summed E-state index contributed by atoms with van der Waals surface area (Å²) in [6, 6.07) is 10.2. The second-order valence-corrected chi connectivity index (χ2v) is 5.95. The third-order valence-corrected chi connectivity index (χ3v) is 4.00. The Balaban J connectivity index is 2.13. The molecule has 3 heteroatoms. The SMILES string of the molecule is CCCCCCCC(=O)NCC(Br)c1ccccc1. The number of hydrogen-bond donors (Lipinski definition) is 1. The molecule has 1 rings (SSSR count). The van der Waals surface area contributed by atoms with Gasteiger partial charge in [-0.1, -0.05) is 78.9 Å². The molecule has 0 spiro atoms. The summed E-state index contributed by atoms with van der Waals surface area (Å²) in [5.74, 6) is 0.164. The van der Waals surface area contributed by atoms with Crippen LogP contribution in [0.15, 0.2) is 30.3 Å². The van der Waals surface area contributed by atoms with E-state index in [0.29, 0.717) is 13.0 Å². The number of hydrogen-bond acceptors (Lipinski definition) is 1. The van der Waals surface area contributed by atoms with Crippen LogP contribution in [-0.4, -0.2) is 12.5 Å². The number of benzene rings is 1. The minimum Gasteiger partial charge on any atom is -0.355 e. The molecule has 1 atom stereocenters. The maximum absolute atomic E-state index is 11.7. The Hall–Kier alpha value is -0.830. The molecule has 0 aliphatic rings. The van der Waals surface area contributed by atoms with Gasteiger partial charge in [-0.25, -0.2) is 0 Å². The van der Waals surface area contributed by atoms with E-state index in [0.717, 1.165) is 12.8 Å².